The van der Waals surface area contributed by atoms with Crippen LogP contribution in [0.1, 0.15) is 6.23 Å². The summed E-state index contributed by atoms with van der Waals surface area (Å²) in [4.78, 5) is 20.9. The molecule has 1 aliphatic rings. The number of rotatable bonds is 4. The number of benzene rings is 1. The van der Waals surface area contributed by atoms with E-state index in [-0.39, 0.29) is 12.1 Å². The average Bonchev–Trinajstić information content (AvgIpc) is 3.35. The van der Waals surface area contributed by atoms with Crippen LogP contribution < -0.4 is 10.6 Å². The summed E-state index contributed by atoms with van der Waals surface area (Å²) < 4.78 is 8.07. The topological polar surface area (TPSA) is 110 Å². The highest BCUT2D eigenvalue weighted by atomic mass is 16.5. The molecule has 1 saturated heterocycles. The van der Waals surface area contributed by atoms with Crippen LogP contribution in [0, 0.1) is 0 Å². The van der Waals surface area contributed by atoms with E-state index >= 15 is 0 Å². The van der Waals surface area contributed by atoms with Crippen molar-refractivity contribution >= 4 is 33.7 Å². The summed E-state index contributed by atoms with van der Waals surface area (Å²) in [6, 6.07) is 9.75. The van der Waals surface area contributed by atoms with E-state index in [4.69, 9.17) is 9.72 Å². The molecule has 9 nitrogen and oxygen atoms in total. The van der Waals surface area contributed by atoms with Gasteiger partial charge in [0.25, 0.3) is 0 Å². The van der Waals surface area contributed by atoms with Crippen molar-refractivity contribution < 1.29 is 9.53 Å². The first kappa shape index (κ1) is 17.5. The van der Waals surface area contributed by atoms with Gasteiger partial charge in [-0.15, -0.1) is 0 Å². The van der Waals surface area contributed by atoms with E-state index in [0.717, 1.165) is 23.0 Å². The van der Waals surface area contributed by atoms with E-state index in [9.17, 15) is 4.79 Å². The van der Waals surface area contributed by atoms with E-state index in [1.165, 1.54) is 6.08 Å². The molecular formula is C20H19N7O2. The van der Waals surface area contributed by atoms with Gasteiger partial charge < -0.3 is 15.4 Å². The van der Waals surface area contributed by atoms with Crippen molar-refractivity contribution in [3.63, 3.8) is 0 Å². The third kappa shape index (κ3) is 3.06. The second-order valence-corrected chi connectivity index (χ2v) is 6.71. The SMILES string of the molecule is C=CC(=O)Nc1cnc2[nH]nc(-c3nc4ccccc4n3C3CNCCO3)c2c1. The van der Waals surface area contributed by atoms with Crippen LogP contribution in [0.3, 0.4) is 0 Å². The predicted molar refractivity (Wildman–Crippen MR) is 109 cm³/mol. The van der Waals surface area contributed by atoms with Crippen LogP contribution in [-0.2, 0) is 9.53 Å². The van der Waals surface area contributed by atoms with Gasteiger partial charge in [0, 0.05) is 13.1 Å². The van der Waals surface area contributed by atoms with Gasteiger partial charge in [0.1, 0.15) is 11.9 Å². The van der Waals surface area contributed by atoms with Crippen LogP contribution in [0.4, 0.5) is 5.69 Å². The van der Waals surface area contributed by atoms with Gasteiger partial charge in [0.2, 0.25) is 5.91 Å². The predicted octanol–water partition coefficient (Wildman–Crippen LogP) is 2.22. The average molecular weight is 389 g/mol. The number of carbonyl (C=O) groups excluding carboxylic acids is 1. The first-order chi connectivity index (χ1) is 14.2. The second-order valence-electron chi connectivity index (χ2n) is 6.71. The molecule has 1 atom stereocenters. The number of carbonyl (C=O) groups is 1. The van der Waals surface area contributed by atoms with Gasteiger partial charge in [0.05, 0.1) is 34.9 Å². The second kappa shape index (κ2) is 7.12. The molecule has 3 aromatic heterocycles. The van der Waals surface area contributed by atoms with Crippen LogP contribution in [0.2, 0.25) is 0 Å². The molecule has 146 valence electrons. The number of hydrogen-bond donors (Lipinski definition) is 3. The van der Waals surface area contributed by atoms with Gasteiger partial charge >= 0.3 is 0 Å². The molecule has 1 fully saturated rings. The summed E-state index contributed by atoms with van der Waals surface area (Å²) in [6.07, 6.45) is 2.59. The fraction of sp³-hybridized carbons (Fsp3) is 0.200. The Bertz CT molecular complexity index is 1220. The number of aromatic nitrogens is 5. The number of fused-ring (bicyclic) bond motifs is 2. The quantitative estimate of drug-likeness (QED) is 0.462. The normalized spacial score (nSPS) is 16.9. The van der Waals surface area contributed by atoms with Gasteiger partial charge in [-0.1, -0.05) is 18.7 Å². The van der Waals surface area contributed by atoms with Crippen molar-refractivity contribution in [2.45, 2.75) is 6.23 Å². The molecule has 4 heterocycles. The number of hydrogen-bond acceptors (Lipinski definition) is 6. The highest BCUT2D eigenvalue weighted by Gasteiger charge is 2.25. The molecule has 9 heteroatoms. The fourth-order valence-electron chi connectivity index (χ4n) is 3.56. The number of amides is 1. The molecule has 3 N–H and O–H groups in total. The van der Waals surface area contributed by atoms with E-state index < -0.39 is 0 Å². The molecule has 1 aromatic carbocycles. The molecule has 0 bridgehead atoms. The fourth-order valence-corrected chi connectivity index (χ4v) is 3.56. The molecule has 0 radical (unpaired) electrons. The number of pyridine rings is 1. The van der Waals surface area contributed by atoms with Crippen molar-refractivity contribution in [3.05, 3.63) is 49.2 Å². The summed E-state index contributed by atoms with van der Waals surface area (Å²) in [5.41, 5.74) is 3.64. The Balaban J connectivity index is 1.69. The number of aromatic amines is 1. The Labute approximate surface area is 165 Å². The Hall–Kier alpha value is -3.56. The zero-order valence-corrected chi connectivity index (χ0v) is 15.6. The lowest BCUT2D eigenvalue weighted by molar-refractivity contribution is -0.111. The van der Waals surface area contributed by atoms with Crippen LogP contribution >= 0.6 is 0 Å². The maximum absolute atomic E-state index is 11.7. The Morgan fingerprint density at radius 3 is 3.10 bits per heavy atom. The Morgan fingerprint density at radius 1 is 1.38 bits per heavy atom. The summed E-state index contributed by atoms with van der Waals surface area (Å²) in [5.74, 6) is 0.380. The smallest absolute Gasteiger partial charge is 0.247 e. The number of para-hydroxylation sites is 2. The summed E-state index contributed by atoms with van der Waals surface area (Å²) in [5, 5.41) is 14.3. The number of morpholine rings is 1. The van der Waals surface area contributed by atoms with Gasteiger partial charge in [-0.3, -0.25) is 14.5 Å². The zero-order chi connectivity index (χ0) is 19.8. The van der Waals surface area contributed by atoms with E-state index in [0.29, 0.717) is 36.0 Å². The molecule has 4 aromatic rings. The molecule has 29 heavy (non-hydrogen) atoms. The van der Waals surface area contributed by atoms with E-state index in [2.05, 4.69) is 37.0 Å². The summed E-state index contributed by atoms with van der Waals surface area (Å²) in [7, 11) is 0. The third-order valence-electron chi connectivity index (χ3n) is 4.87. The van der Waals surface area contributed by atoms with Crippen LogP contribution in [0.5, 0.6) is 0 Å². The molecule has 1 amide bonds. The maximum atomic E-state index is 11.7. The van der Waals surface area contributed by atoms with Gasteiger partial charge in [-0.2, -0.15) is 5.10 Å². The summed E-state index contributed by atoms with van der Waals surface area (Å²) in [6.45, 7) is 5.59. The lowest BCUT2D eigenvalue weighted by Gasteiger charge is -2.26. The van der Waals surface area contributed by atoms with Gasteiger partial charge in [-0.05, 0) is 24.3 Å². The minimum absolute atomic E-state index is 0.200. The van der Waals surface area contributed by atoms with Crippen molar-refractivity contribution in [1.82, 2.24) is 30.0 Å². The Kier molecular flexibility index (Phi) is 4.30. The molecular weight excluding hydrogens is 370 g/mol. The molecule has 0 saturated carbocycles. The maximum Gasteiger partial charge on any atom is 0.247 e. The highest BCUT2D eigenvalue weighted by Crippen LogP contribution is 2.32. The van der Waals surface area contributed by atoms with Crippen molar-refractivity contribution in [3.8, 4) is 11.5 Å². The molecule has 5 rings (SSSR count). The molecule has 1 unspecified atom stereocenters. The molecule has 0 aliphatic carbocycles. The van der Waals surface area contributed by atoms with E-state index in [1.54, 1.807) is 6.20 Å². The number of nitrogens with one attached hydrogen (secondary N) is 3. The zero-order valence-electron chi connectivity index (χ0n) is 15.6. The largest absolute Gasteiger partial charge is 0.355 e. The minimum atomic E-state index is -0.301. The molecule has 0 spiro atoms. The van der Waals surface area contributed by atoms with Crippen molar-refractivity contribution in [2.24, 2.45) is 0 Å². The highest BCUT2D eigenvalue weighted by molar-refractivity contribution is 6.01. The number of ether oxygens (including phenoxy) is 1. The first-order valence-corrected chi connectivity index (χ1v) is 9.32. The standard InChI is InChI=1S/C20H19N7O2/c1-2-16(28)23-12-9-13-18(25-26-19(13)22-10-12)20-24-14-5-3-4-6-15(14)27(20)17-11-21-7-8-29-17/h2-6,9-10,17,21H,1,7-8,11H2,(H,23,28)(H,22,25,26). The number of H-pyrrole nitrogens is 1. The lowest BCUT2D eigenvalue weighted by Crippen LogP contribution is -2.36. The van der Waals surface area contributed by atoms with Crippen molar-refractivity contribution in [2.75, 3.05) is 25.0 Å². The Morgan fingerprint density at radius 2 is 2.28 bits per heavy atom. The molecule has 1 aliphatic heterocycles. The van der Waals surface area contributed by atoms with E-state index in [1.807, 2.05) is 30.3 Å². The minimum Gasteiger partial charge on any atom is -0.355 e. The van der Waals surface area contributed by atoms with Crippen molar-refractivity contribution in [1.29, 1.82) is 0 Å². The number of anilines is 1. The van der Waals surface area contributed by atoms with Gasteiger partial charge in [0.15, 0.2) is 11.5 Å². The third-order valence-corrected chi connectivity index (χ3v) is 4.87. The van der Waals surface area contributed by atoms with Gasteiger partial charge in [-0.25, -0.2) is 9.97 Å². The van der Waals surface area contributed by atoms with Crippen LogP contribution in [0.15, 0.2) is 49.2 Å². The lowest BCUT2D eigenvalue weighted by atomic mass is 10.2. The van der Waals surface area contributed by atoms with Crippen LogP contribution in [-0.4, -0.2) is 50.3 Å². The summed E-state index contributed by atoms with van der Waals surface area (Å²) >= 11 is 0. The van der Waals surface area contributed by atoms with Crippen LogP contribution in [0.25, 0.3) is 33.6 Å². The monoisotopic (exact) mass is 389 g/mol. The first-order valence-electron chi connectivity index (χ1n) is 9.32. The number of nitrogens with zero attached hydrogens (tertiary/aromatic N) is 4. The number of imidazole rings is 1.